The fraction of sp³-hybridized carbons (Fsp3) is 0.294. The van der Waals surface area contributed by atoms with Crippen molar-refractivity contribution in [1.82, 2.24) is 5.32 Å². The van der Waals surface area contributed by atoms with Crippen molar-refractivity contribution >= 4 is 11.4 Å². The van der Waals surface area contributed by atoms with Crippen molar-refractivity contribution in [1.29, 1.82) is 0 Å². The van der Waals surface area contributed by atoms with Crippen LogP contribution in [0, 0.1) is 12.7 Å². The van der Waals surface area contributed by atoms with Crippen molar-refractivity contribution < 1.29 is 4.39 Å². The van der Waals surface area contributed by atoms with Crippen LogP contribution in [0.25, 0.3) is 0 Å². The lowest BCUT2D eigenvalue weighted by molar-refractivity contribution is 0.562. The van der Waals surface area contributed by atoms with Crippen molar-refractivity contribution in [3.63, 3.8) is 0 Å². The first kappa shape index (κ1) is 14.5. The summed E-state index contributed by atoms with van der Waals surface area (Å²) in [6, 6.07) is 13.4. The highest BCUT2D eigenvalue weighted by Gasteiger charge is 2.17. The van der Waals surface area contributed by atoms with Crippen LogP contribution in [0.15, 0.2) is 42.5 Å². The number of hydrogen-bond donors (Lipinski definition) is 1. The van der Waals surface area contributed by atoms with E-state index in [0.29, 0.717) is 5.56 Å². The molecule has 3 heteroatoms. The maximum Gasteiger partial charge on any atom is 0.130 e. The molecule has 0 spiro atoms. The predicted octanol–water partition coefficient (Wildman–Crippen LogP) is 4.18. The Hall–Kier alpha value is -1.87. The summed E-state index contributed by atoms with van der Waals surface area (Å²) in [7, 11) is 3.80. The van der Waals surface area contributed by atoms with Crippen LogP contribution in [-0.4, -0.2) is 14.1 Å². The summed E-state index contributed by atoms with van der Waals surface area (Å²) < 4.78 is 14.2. The topological polar surface area (TPSA) is 15.3 Å². The van der Waals surface area contributed by atoms with E-state index in [4.69, 9.17) is 0 Å². The van der Waals surface area contributed by atoms with Gasteiger partial charge in [0.2, 0.25) is 0 Å². The minimum atomic E-state index is -0.177. The van der Waals surface area contributed by atoms with Crippen molar-refractivity contribution in [2.45, 2.75) is 19.9 Å². The van der Waals surface area contributed by atoms with Crippen LogP contribution in [0.1, 0.15) is 24.1 Å². The molecule has 0 heterocycles. The number of nitrogens with one attached hydrogen (secondary N) is 1. The maximum absolute atomic E-state index is 14.2. The number of hydrogen-bond acceptors (Lipinski definition) is 2. The first-order chi connectivity index (χ1) is 9.54. The summed E-state index contributed by atoms with van der Waals surface area (Å²) in [4.78, 5) is 2.02. The minimum absolute atomic E-state index is 0.0425. The molecule has 2 aromatic carbocycles. The molecule has 0 saturated heterocycles. The second-order valence-electron chi connectivity index (χ2n) is 5.08. The number of anilines is 2. The predicted molar refractivity (Wildman–Crippen MR) is 83.1 cm³/mol. The molecule has 106 valence electrons. The highest BCUT2D eigenvalue weighted by molar-refractivity contribution is 5.66. The summed E-state index contributed by atoms with van der Waals surface area (Å²) in [6.45, 7) is 4.02. The first-order valence-corrected chi connectivity index (χ1v) is 6.80. The van der Waals surface area contributed by atoms with Crippen molar-refractivity contribution in [3.05, 3.63) is 59.4 Å². The van der Waals surface area contributed by atoms with Gasteiger partial charge in [0.1, 0.15) is 5.82 Å². The molecular formula is C17H21FN2. The van der Waals surface area contributed by atoms with Gasteiger partial charge in [-0.05, 0) is 45.2 Å². The molecule has 0 radical (unpaired) electrons. The third-order valence-electron chi connectivity index (χ3n) is 3.68. The van der Waals surface area contributed by atoms with Crippen molar-refractivity contribution in [3.8, 4) is 0 Å². The Kier molecular flexibility index (Phi) is 4.40. The zero-order valence-electron chi connectivity index (χ0n) is 12.4. The third-order valence-corrected chi connectivity index (χ3v) is 3.68. The lowest BCUT2D eigenvalue weighted by Gasteiger charge is -2.25. The number of rotatable bonds is 4. The number of benzene rings is 2. The third kappa shape index (κ3) is 2.83. The summed E-state index contributed by atoms with van der Waals surface area (Å²) in [5.41, 5.74) is 3.84. The molecule has 0 aliphatic carbocycles. The van der Waals surface area contributed by atoms with E-state index < -0.39 is 0 Å². The smallest absolute Gasteiger partial charge is 0.130 e. The average molecular weight is 272 g/mol. The van der Waals surface area contributed by atoms with Gasteiger partial charge in [-0.3, -0.25) is 0 Å². The van der Waals surface area contributed by atoms with E-state index in [1.165, 1.54) is 11.6 Å². The summed E-state index contributed by atoms with van der Waals surface area (Å²) >= 11 is 0. The molecular weight excluding hydrogens is 251 g/mol. The fourth-order valence-electron chi connectivity index (χ4n) is 2.30. The Bertz CT molecular complexity index is 578. The molecule has 2 rings (SSSR count). The van der Waals surface area contributed by atoms with Crippen LogP contribution < -0.4 is 10.2 Å². The van der Waals surface area contributed by atoms with Crippen LogP contribution in [0.4, 0.5) is 15.8 Å². The molecule has 0 amide bonds. The van der Waals surface area contributed by atoms with Gasteiger partial charge >= 0.3 is 0 Å². The molecule has 0 aliphatic rings. The van der Waals surface area contributed by atoms with Gasteiger partial charge in [-0.15, -0.1) is 0 Å². The molecule has 2 nitrogen and oxygen atoms in total. The van der Waals surface area contributed by atoms with E-state index in [1.807, 2.05) is 44.1 Å². The van der Waals surface area contributed by atoms with Crippen LogP contribution in [0.3, 0.4) is 0 Å². The molecule has 0 aromatic heterocycles. The number of aryl methyl sites for hydroxylation is 1. The van der Waals surface area contributed by atoms with Crippen LogP contribution in [-0.2, 0) is 0 Å². The van der Waals surface area contributed by atoms with Gasteiger partial charge in [0.05, 0.1) is 0 Å². The zero-order valence-corrected chi connectivity index (χ0v) is 12.4. The normalized spacial score (nSPS) is 12.2. The van der Waals surface area contributed by atoms with Gasteiger partial charge < -0.3 is 10.2 Å². The van der Waals surface area contributed by atoms with Crippen LogP contribution >= 0.6 is 0 Å². The van der Waals surface area contributed by atoms with E-state index in [0.717, 1.165) is 11.4 Å². The molecule has 1 N–H and O–H groups in total. The molecule has 1 unspecified atom stereocenters. The van der Waals surface area contributed by atoms with E-state index in [2.05, 4.69) is 24.4 Å². The molecule has 2 aromatic rings. The fourth-order valence-corrected chi connectivity index (χ4v) is 2.30. The van der Waals surface area contributed by atoms with Gasteiger partial charge in [0.25, 0.3) is 0 Å². The molecule has 20 heavy (non-hydrogen) atoms. The quantitative estimate of drug-likeness (QED) is 0.898. The second-order valence-corrected chi connectivity index (χ2v) is 5.08. The average Bonchev–Trinajstić information content (AvgIpc) is 2.46. The summed E-state index contributed by atoms with van der Waals surface area (Å²) in [6.07, 6.45) is 0. The van der Waals surface area contributed by atoms with Gasteiger partial charge in [-0.2, -0.15) is 0 Å². The largest absolute Gasteiger partial charge is 0.344 e. The van der Waals surface area contributed by atoms with Gasteiger partial charge in [0, 0.05) is 30.0 Å². The monoisotopic (exact) mass is 272 g/mol. The SMILES string of the molecule is CNC(C)c1c(F)cccc1N(C)c1ccc(C)cc1. The Morgan fingerprint density at radius 2 is 1.75 bits per heavy atom. The first-order valence-electron chi connectivity index (χ1n) is 6.80. The van der Waals surface area contributed by atoms with Crippen LogP contribution in [0.5, 0.6) is 0 Å². The Balaban J connectivity index is 2.46. The van der Waals surface area contributed by atoms with Gasteiger partial charge in [0.15, 0.2) is 0 Å². The molecule has 1 atom stereocenters. The molecule has 0 aliphatic heterocycles. The lowest BCUT2D eigenvalue weighted by Crippen LogP contribution is -2.19. The van der Waals surface area contributed by atoms with Gasteiger partial charge in [-0.25, -0.2) is 4.39 Å². The van der Waals surface area contributed by atoms with Gasteiger partial charge in [-0.1, -0.05) is 23.8 Å². The Morgan fingerprint density at radius 3 is 2.35 bits per heavy atom. The summed E-state index contributed by atoms with van der Waals surface area (Å²) in [5.74, 6) is -0.177. The van der Waals surface area contributed by atoms with E-state index >= 15 is 0 Å². The number of halogens is 1. The molecule has 0 saturated carbocycles. The Labute approximate surface area is 120 Å². The van der Waals surface area contributed by atoms with E-state index in [9.17, 15) is 4.39 Å². The highest BCUT2D eigenvalue weighted by Crippen LogP contribution is 2.32. The molecule has 0 bridgehead atoms. The number of nitrogens with zero attached hydrogens (tertiary/aromatic N) is 1. The van der Waals surface area contributed by atoms with Crippen molar-refractivity contribution in [2.24, 2.45) is 0 Å². The maximum atomic E-state index is 14.2. The standard InChI is InChI=1S/C17H21FN2/c1-12-8-10-14(11-9-12)20(4)16-7-5-6-15(18)17(16)13(2)19-3/h5-11,13,19H,1-4H3. The molecule has 0 fully saturated rings. The van der Waals surface area contributed by atoms with E-state index in [1.54, 1.807) is 6.07 Å². The summed E-state index contributed by atoms with van der Waals surface area (Å²) in [5, 5.41) is 3.11. The lowest BCUT2D eigenvalue weighted by atomic mass is 10.0. The zero-order chi connectivity index (χ0) is 14.7. The van der Waals surface area contributed by atoms with Crippen molar-refractivity contribution in [2.75, 3.05) is 19.0 Å². The second kappa shape index (κ2) is 6.06. The highest BCUT2D eigenvalue weighted by atomic mass is 19.1. The van der Waals surface area contributed by atoms with Crippen LogP contribution in [0.2, 0.25) is 0 Å². The Morgan fingerprint density at radius 1 is 1.10 bits per heavy atom. The minimum Gasteiger partial charge on any atom is -0.344 e. The van der Waals surface area contributed by atoms with E-state index in [-0.39, 0.29) is 11.9 Å².